The third-order valence-electron chi connectivity index (χ3n) is 3.38. The van der Waals surface area contributed by atoms with Crippen LogP contribution >= 0.6 is 0 Å². The predicted octanol–water partition coefficient (Wildman–Crippen LogP) is 2.36. The van der Waals surface area contributed by atoms with Crippen LogP contribution < -0.4 is 11.5 Å². The Morgan fingerprint density at radius 1 is 1.41 bits per heavy atom. The summed E-state index contributed by atoms with van der Waals surface area (Å²) in [7, 11) is 0. The number of hydrogen-bond acceptors (Lipinski definition) is 4. The van der Waals surface area contributed by atoms with E-state index >= 15 is 0 Å². The Morgan fingerprint density at radius 3 is 2.45 bits per heavy atom. The summed E-state index contributed by atoms with van der Waals surface area (Å²) in [5.74, 6) is -0.0682. The first kappa shape index (κ1) is 18.4. The fraction of sp³-hybridized carbons (Fsp3) is 0.600. The molecular formula is C15H24F2N4O. The number of halogens is 2. The molecule has 22 heavy (non-hydrogen) atoms. The van der Waals surface area contributed by atoms with E-state index in [4.69, 9.17) is 11.5 Å². The second-order valence-electron chi connectivity index (χ2n) is 5.53. The number of nitrogens with two attached hydrogens (primary N) is 2. The van der Waals surface area contributed by atoms with Crippen LogP contribution in [0.2, 0.25) is 0 Å². The molecule has 0 amide bonds. The van der Waals surface area contributed by atoms with Crippen molar-refractivity contribution < 1.29 is 13.6 Å². The number of carbonyl (C=O) groups is 1. The molecule has 0 radical (unpaired) electrons. The zero-order valence-corrected chi connectivity index (χ0v) is 13.4. The van der Waals surface area contributed by atoms with E-state index in [0.29, 0.717) is 11.5 Å². The van der Waals surface area contributed by atoms with Gasteiger partial charge in [0.15, 0.2) is 18.3 Å². The minimum Gasteiger partial charge on any atom is -0.330 e. The first-order valence-corrected chi connectivity index (χ1v) is 7.25. The van der Waals surface area contributed by atoms with Gasteiger partial charge in [-0.2, -0.15) is 0 Å². The number of alkyl halides is 2. The highest BCUT2D eigenvalue weighted by atomic mass is 19.1. The molecule has 0 aliphatic heterocycles. The summed E-state index contributed by atoms with van der Waals surface area (Å²) in [4.78, 5) is 16.1. The fourth-order valence-corrected chi connectivity index (χ4v) is 2.38. The van der Waals surface area contributed by atoms with Crippen molar-refractivity contribution in [3.63, 3.8) is 0 Å². The van der Waals surface area contributed by atoms with E-state index < -0.39 is 18.3 Å². The average Bonchev–Trinajstić information content (AvgIpc) is 2.74. The number of imidazole rings is 1. The van der Waals surface area contributed by atoms with Gasteiger partial charge in [0.1, 0.15) is 11.5 Å². The number of carbonyl (C=O) groups excluding carboxylic acids is 1. The van der Waals surface area contributed by atoms with Gasteiger partial charge in [-0.3, -0.25) is 10.5 Å². The Kier molecular flexibility index (Phi) is 6.37. The lowest BCUT2D eigenvalue weighted by Crippen LogP contribution is -2.20. The summed E-state index contributed by atoms with van der Waals surface area (Å²) in [5, 5.41) is 0. The van der Waals surface area contributed by atoms with Crippen LogP contribution in [0.15, 0.2) is 5.57 Å². The summed E-state index contributed by atoms with van der Waals surface area (Å²) in [5.41, 5.74) is 11.2. The van der Waals surface area contributed by atoms with Crippen molar-refractivity contribution in [2.45, 2.75) is 52.6 Å². The van der Waals surface area contributed by atoms with Crippen molar-refractivity contribution in [1.82, 2.24) is 9.55 Å². The number of nitrogens with zero attached hydrogens (tertiary/aromatic N) is 2. The highest BCUT2D eigenvalue weighted by Crippen LogP contribution is 2.25. The Balaban J connectivity index is 3.30. The number of aryl methyl sites for hydroxylation is 1. The Labute approximate surface area is 129 Å². The second-order valence-corrected chi connectivity index (χ2v) is 5.53. The summed E-state index contributed by atoms with van der Waals surface area (Å²) >= 11 is 0. The third-order valence-corrected chi connectivity index (χ3v) is 3.38. The first-order valence-electron chi connectivity index (χ1n) is 7.25. The number of allylic oxidation sites excluding steroid dienone is 1. The predicted molar refractivity (Wildman–Crippen MR) is 82.6 cm³/mol. The maximum absolute atomic E-state index is 13.7. The fourth-order valence-electron chi connectivity index (χ4n) is 2.38. The van der Waals surface area contributed by atoms with E-state index in [1.807, 2.05) is 13.8 Å². The highest BCUT2D eigenvalue weighted by molar-refractivity contribution is 6.01. The van der Waals surface area contributed by atoms with E-state index in [0.717, 1.165) is 0 Å². The van der Waals surface area contributed by atoms with Gasteiger partial charge in [0.05, 0.1) is 5.69 Å². The maximum atomic E-state index is 13.7. The van der Waals surface area contributed by atoms with Crippen LogP contribution in [0.25, 0.3) is 6.08 Å². The summed E-state index contributed by atoms with van der Waals surface area (Å²) in [6.07, 6.45) is -2.01. The Hall–Kier alpha value is -1.60. The molecular weight excluding hydrogens is 290 g/mol. The van der Waals surface area contributed by atoms with Gasteiger partial charge in [-0.25, -0.2) is 13.8 Å². The van der Waals surface area contributed by atoms with Crippen molar-refractivity contribution >= 4 is 11.9 Å². The molecule has 2 atom stereocenters. The quantitative estimate of drug-likeness (QED) is 0.597. The van der Waals surface area contributed by atoms with Gasteiger partial charge in [0.2, 0.25) is 0 Å². The van der Waals surface area contributed by atoms with Gasteiger partial charge >= 0.3 is 0 Å². The molecule has 124 valence electrons. The van der Waals surface area contributed by atoms with E-state index in [-0.39, 0.29) is 30.3 Å². The molecule has 7 heteroatoms. The molecule has 0 bridgehead atoms. The zero-order chi connectivity index (χ0) is 17.0. The molecule has 0 fully saturated rings. The number of aromatic nitrogens is 2. The van der Waals surface area contributed by atoms with Crippen molar-refractivity contribution in [2.75, 3.05) is 6.54 Å². The number of Topliss-reactive ketones (excluding diaryl/α,β-unsaturated/α-hetero) is 1. The normalized spacial score (nSPS) is 15.2. The minimum atomic E-state index is -1.77. The van der Waals surface area contributed by atoms with Gasteiger partial charge in [0.25, 0.3) is 0 Å². The van der Waals surface area contributed by atoms with Crippen molar-refractivity contribution in [3.05, 3.63) is 22.8 Å². The topological polar surface area (TPSA) is 86.9 Å². The average molecular weight is 314 g/mol. The smallest absolute Gasteiger partial charge is 0.193 e. The third kappa shape index (κ3) is 3.98. The van der Waals surface area contributed by atoms with Crippen molar-refractivity contribution in [1.29, 1.82) is 0 Å². The summed E-state index contributed by atoms with van der Waals surface area (Å²) in [6.45, 7) is 7.12. The van der Waals surface area contributed by atoms with E-state index in [9.17, 15) is 13.6 Å². The van der Waals surface area contributed by atoms with E-state index in [2.05, 4.69) is 4.98 Å². The van der Waals surface area contributed by atoms with E-state index in [1.54, 1.807) is 11.5 Å². The molecule has 1 aromatic heterocycles. The molecule has 0 saturated carbocycles. The maximum Gasteiger partial charge on any atom is 0.193 e. The molecule has 5 nitrogen and oxygen atoms in total. The molecule has 0 aromatic carbocycles. The van der Waals surface area contributed by atoms with Crippen molar-refractivity contribution in [2.24, 2.45) is 11.5 Å². The molecule has 0 aliphatic rings. The standard InChI is InChI=1S/C15H24F2N4O/c1-8(2)21-10(4)20-13(15(17)19)12(21)7-9(3)14(22)11(16)5-6-18/h7-8,11,15H,5-6,18-19H2,1-4H3/b9-7+. The first-order chi connectivity index (χ1) is 10.2. The van der Waals surface area contributed by atoms with Crippen LogP contribution in [0.4, 0.5) is 8.78 Å². The second kappa shape index (κ2) is 7.60. The van der Waals surface area contributed by atoms with Gasteiger partial charge < -0.3 is 10.3 Å². The van der Waals surface area contributed by atoms with Crippen molar-refractivity contribution in [3.8, 4) is 0 Å². The monoisotopic (exact) mass is 314 g/mol. The van der Waals surface area contributed by atoms with Gasteiger partial charge in [-0.1, -0.05) is 0 Å². The van der Waals surface area contributed by atoms with Crippen LogP contribution in [0.3, 0.4) is 0 Å². The lowest BCUT2D eigenvalue weighted by molar-refractivity contribution is -0.120. The Bertz CT molecular complexity index is 564. The van der Waals surface area contributed by atoms with Gasteiger partial charge in [-0.15, -0.1) is 0 Å². The molecule has 1 aromatic rings. The largest absolute Gasteiger partial charge is 0.330 e. The number of ketones is 1. The lowest BCUT2D eigenvalue weighted by Gasteiger charge is -2.14. The molecule has 0 aliphatic carbocycles. The SMILES string of the molecule is C/C(=C\c1c(C(N)F)nc(C)n1C(C)C)C(=O)C(F)CCN. The molecule has 1 heterocycles. The number of hydrogen-bond donors (Lipinski definition) is 2. The van der Waals surface area contributed by atoms with Crippen LogP contribution in [0.1, 0.15) is 56.7 Å². The van der Waals surface area contributed by atoms with Crippen LogP contribution in [0.5, 0.6) is 0 Å². The van der Waals surface area contributed by atoms with Crippen LogP contribution in [-0.2, 0) is 4.79 Å². The minimum absolute atomic E-state index is 0.000586. The molecule has 0 saturated heterocycles. The van der Waals surface area contributed by atoms with Crippen LogP contribution in [-0.4, -0.2) is 28.1 Å². The molecule has 0 spiro atoms. The summed E-state index contributed by atoms with van der Waals surface area (Å²) in [6, 6.07) is -0.000586. The summed E-state index contributed by atoms with van der Waals surface area (Å²) < 4.78 is 29.0. The van der Waals surface area contributed by atoms with Gasteiger partial charge in [-0.05, 0) is 52.3 Å². The number of rotatable bonds is 7. The van der Waals surface area contributed by atoms with E-state index in [1.165, 1.54) is 13.0 Å². The molecule has 4 N–H and O–H groups in total. The zero-order valence-electron chi connectivity index (χ0n) is 13.4. The highest BCUT2D eigenvalue weighted by Gasteiger charge is 2.23. The lowest BCUT2D eigenvalue weighted by atomic mass is 10.0. The van der Waals surface area contributed by atoms with Crippen LogP contribution in [0, 0.1) is 6.92 Å². The Morgan fingerprint density at radius 2 is 2.00 bits per heavy atom. The molecule has 1 rings (SSSR count). The molecule has 2 unspecified atom stereocenters. The van der Waals surface area contributed by atoms with Gasteiger partial charge in [0, 0.05) is 6.04 Å².